The summed E-state index contributed by atoms with van der Waals surface area (Å²) < 4.78 is 12.9. The van der Waals surface area contributed by atoms with Crippen molar-refractivity contribution in [1.29, 1.82) is 5.26 Å². The van der Waals surface area contributed by atoms with Gasteiger partial charge >= 0.3 is 0 Å². The molecule has 2 rings (SSSR count). The number of rotatable bonds is 2. The molecule has 0 spiro atoms. The molecule has 18 heavy (non-hydrogen) atoms. The smallest absolute Gasteiger partial charge is 0.123 e. The Hall–Kier alpha value is -2.54. The summed E-state index contributed by atoms with van der Waals surface area (Å²) in [5.41, 5.74) is 8.31. The Morgan fingerprint density at radius 3 is 2.44 bits per heavy atom. The molecular weight excluding hydrogens is 229 g/mol. The number of hydrogen-bond donors (Lipinski definition) is 1. The third-order valence-electron chi connectivity index (χ3n) is 2.78. The second kappa shape index (κ2) is 4.76. The topological polar surface area (TPSA) is 53.0 Å². The highest BCUT2D eigenvalue weighted by molar-refractivity contribution is 5.78. The molecular formula is C14H12FN3. The summed E-state index contributed by atoms with van der Waals surface area (Å²) in [6.07, 6.45) is 0. The highest BCUT2D eigenvalue weighted by Crippen LogP contribution is 2.30. The first-order valence-corrected chi connectivity index (χ1v) is 5.41. The van der Waals surface area contributed by atoms with Crippen LogP contribution in [0.2, 0.25) is 0 Å². The van der Waals surface area contributed by atoms with Crippen molar-refractivity contribution in [1.82, 2.24) is 0 Å². The quantitative estimate of drug-likeness (QED) is 0.822. The Bertz CT molecular complexity index is 599. The molecule has 0 fully saturated rings. The molecule has 0 saturated carbocycles. The van der Waals surface area contributed by atoms with Crippen LogP contribution in [0.25, 0.3) is 0 Å². The molecule has 0 aromatic heterocycles. The molecule has 3 nitrogen and oxygen atoms in total. The summed E-state index contributed by atoms with van der Waals surface area (Å²) in [6, 6.07) is 13.4. The van der Waals surface area contributed by atoms with Crippen LogP contribution in [0, 0.1) is 17.1 Å². The van der Waals surface area contributed by atoms with Gasteiger partial charge in [0, 0.05) is 12.7 Å². The minimum atomic E-state index is -0.286. The van der Waals surface area contributed by atoms with Crippen LogP contribution < -0.4 is 10.6 Å². The number of anilines is 3. The van der Waals surface area contributed by atoms with Crippen LogP contribution in [0.4, 0.5) is 21.5 Å². The third kappa shape index (κ3) is 2.11. The van der Waals surface area contributed by atoms with E-state index in [0.29, 0.717) is 11.3 Å². The summed E-state index contributed by atoms with van der Waals surface area (Å²) in [5, 5.41) is 8.93. The number of halogens is 1. The molecule has 90 valence electrons. The van der Waals surface area contributed by atoms with Crippen LogP contribution in [0.15, 0.2) is 42.5 Å². The van der Waals surface area contributed by atoms with E-state index in [2.05, 4.69) is 0 Å². The molecule has 2 aromatic rings. The first kappa shape index (κ1) is 11.9. The van der Waals surface area contributed by atoms with E-state index in [0.717, 1.165) is 11.4 Å². The molecule has 4 heteroatoms. The van der Waals surface area contributed by atoms with Crippen LogP contribution >= 0.6 is 0 Å². The van der Waals surface area contributed by atoms with Crippen molar-refractivity contribution in [2.45, 2.75) is 0 Å². The third-order valence-corrected chi connectivity index (χ3v) is 2.78. The number of benzene rings is 2. The number of nitrogen functional groups attached to an aromatic ring is 1. The second-order valence-corrected chi connectivity index (χ2v) is 3.89. The van der Waals surface area contributed by atoms with Crippen molar-refractivity contribution in [2.24, 2.45) is 0 Å². The van der Waals surface area contributed by atoms with Gasteiger partial charge in [0.1, 0.15) is 11.9 Å². The second-order valence-electron chi connectivity index (χ2n) is 3.89. The van der Waals surface area contributed by atoms with E-state index in [-0.39, 0.29) is 5.82 Å². The SMILES string of the molecule is CN(c1ccc(F)cc1)c1cccc(C#N)c1N. The molecule has 2 aromatic carbocycles. The average Bonchev–Trinajstić information content (AvgIpc) is 2.39. The fourth-order valence-electron chi connectivity index (χ4n) is 1.75. The number of nitriles is 1. The Balaban J connectivity index is 2.43. The van der Waals surface area contributed by atoms with Crippen LogP contribution in [-0.2, 0) is 0 Å². The van der Waals surface area contributed by atoms with E-state index in [9.17, 15) is 4.39 Å². The normalized spacial score (nSPS) is 9.83. The number of nitrogens with two attached hydrogens (primary N) is 1. The molecule has 0 unspecified atom stereocenters. The molecule has 0 aliphatic rings. The molecule has 0 aliphatic carbocycles. The lowest BCUT2D eigenvalue weighted by atomic mass is 10.1. The molecule has 0 bridgehead atoms. The van der Waals surface area contributed by atoms with E-state index < -0.39 is 0 Å². The predicted octanol–water partition coefficient (Wildman–Crippen LogP) is 3.05. The van der Waals surface area contributed by atoms with Crippen LogP contribution in [0.5, 0.6) is 0 Å². The average molecular weight is 241 g/mol. The lowest BCUT2D eigenvalue weighted by Crippen LogP contribution is -2.12. The maximum absolute atomic E-state index is 12.9. The van der Waals surface area contributed by atoms with E-state index in [4.69, 9.17) is 11.0 Å². The van der Waals surface area contributed by atoms with E-state index in [1.54, 1.807) is 24.3 Å². The summed E-state index contributed by atoms with van der Waals surface area (Å²) >= 11 is 0. The van der Waals surface area contributed by atoms with E-state index in [1.165, 1.54) is 12.1 Å². The van der Waals surface area contributed by atoms with Crippen molar-refractivity contribution in [3.05, 3.63) is 53.8 Å². The Morgan fingerprint density at radius 1 is 1.17 bits per heavy atom. The maximum Gasteiger partial charge on any atom is 0.123 e. The van der Waals surface area contributed by atoms with Gasteiger partial charge in [0.25, 0.3) is 0 Å². The molecule has 0 amide bonds. The standard InChI is InChI=1S/C14H12FN3/c1-18(12-7-5-11(15)6-8-12)13-4-2-3-10(9-16)14(13)17/h2-8H,17H2,1H3. The summed E-state index contributed by atoms with van der Waals surface area (Å²) in [4.78, 5) is 1.82. The number of para-hydroxylation sites is 1. The monoisotopic (exact) mass is 241 g/mol. The zero-order valence-corrected chi connectivity index (χ0v) is 9.89. The largest absolute Gasteiger partial charge is 0.396 e. The fraction of sp³-hybridized carbons (Fsp3) is 0.0714. The van der Waals surface area contributed by atoms with Gasteiger partial charge in [-0.25, -0.2) is 4.39 Å². The van der Waals surface area contributed by atoms with E-state index >= 15 is 0 Å². The first-order valence-electron chi connectivity index (χ1n) is 5.41. The van der Waals surface area contributed by atoms with Crippen molar-refractivity contribution in [3.8, 4) is 6.07 Å². The molecule has 0 radical (unpaired) electrons. The van der Waals surface area contributed by atoms with E-state index in [1.807, 2.05) is 24.1 Å². The van der Waals surface area contributed by atoms with Gasteiger partial charge < -0.3 is 10.6 Å². The molecule has 0 saturated heterocycles. The minimum Gasteiger partial charge on any atom is -0.396 e. The Morgan fingerprint density at radius 2 is 1.83 bits per heavy atom. The lowest BCUT2D eigenvalue weighted by molar-refractivity contribution is 0.628. The summed E-state index contributed by atoms with van der Waals surface area (Å²) in [6.45, 7) is 0. The van der Waals surface area contributed by atoms with Crippen LogP contribution in [0.3, 0.4) is 0 Å². The Kier molecular flexibility index (Phi) is 3.16. The number of nitrogens with zero attached hydrogens (tertiary/aromatic N) is 2. The van der Waals surface area contributed by atoms with Crippen LogP contribution in [0.1, 0.15) is 5.56 Å². The fourth-order valence-corrected chi connectivity index (χ4v) is 1.75. The highest BCUT2D eigenvalue weighted by Gasteiger charge is 2.10. The summed E-state index contributed by atoms with van der Waals surface area (Å²) in [5.74, 6) is -0.286. The van der Waals surface area contributed by atoms with Gasteiger partial charge in [-0.15, -0.1) is 0 Å². The van der Waals surface area contributed by atoms with Crippen molar-refractivity contribution in [2.75, 3.05) is 17.7 Å². The predicted molar refractivity (Wildman–Crippen MR) is 70.0 cm³/mol. The van der Waals surface area contributed by atoms with Gasteiger partial charge in [-0.05, 0) is 36.4 Å². The molecule has 0 aliphatic heterocycles. The molecule has 2 N–H and O–H groups in total. The highest BCUT2D eigenvalue weighted by atomic mass is 19.1. The Labute approximate surface area is 105 Å². The minimum absolute atomic E-state index is 0.286. The zero-order chi connectivity index (χ0) is 13.1. The van der Waals surface area contributed by atoms with Crippen LogP contribution in [-0.4, -0.2) is 7.05 Å². The lowest BCUT2D eigenvalue weighted by Gasteiger charge is -2.21. The summed E-state index contributed by atoms with van der Waals surface area (Å²) in [7, 11) is 1.82. The van der Waals surface area contributed by atoms with Gasteiger partial charge in [-0.2, -0.15) is 5.26 Å². The maximum atomic E-state index is 12.9. The number of hydrogen-bond acceptors (Lipinski definition) is 3. The molecule has 0 atom stereocenters. The zero-order valence-electron chi connectivity index (χ0n) is 9.89. The van der Waals surface area contributed by atoms with Gasteiger partial charge in [0.05, 0.1) is 16.9 Å². The van der Waals surface area contributed by atoms with Gasteiger partial charge in [-0.3, -0.25) is 0 Å². The van der Waals surface area contributed by atoms with Crippen molar-refractivity contribution >= 4 is 17.1 Å². The van der Waals surface area contributed by atoms with Crippen molar-refractivity contribution in [3.63, 3.8) is 0 Å². The van der Waals surface area contributed by atoms with Gasteiger partial charge in [0.15, 0.2) is 0 Å². The van der Waals surface area contributed by atoms with Crippen molar-refractivity contribution < 1.29 is 4.39 Å². The first-order chi connectivity index (χ1) is 8.63. The van der Waals surface area contributed by atoms with Gasteiger partial charge in [0.2, 0.25) is 0 Å². The molecule has 0 heterocycles. The van der Waals surface area contributed by atoms with Gasteiger partial charge in [-0.1, -0.05) is 6.07 Å².